The summed E-state index contributed by atoms with van der Waals surface area (Å²) in [6.45, 7) is 0.170. The molecule has 0 bridgehead atoms. The van der Waals surface area contributed by atoms with Gasteiger partial charge in [-0.2, -0.15) is 0 Å². The maximum absolute atomic E-state index is 13.8. The highest BCUT2D eigenvalue weighted by Crippen LogP contribution is 2.43. The van der Waals surface area contributed by atoms with Gasteiger partial charge >= 0.3 is 6.03 Å². The van der Waals surface area contributed by atoms with E-state index in [4.69, 9.17) is 0 Å². The van der Waals surface area contributed by atoms with Crippen LogP contribution in [-0.2, 0) is 21.7 Å². The number of imide groups is 1. The van der Waals surface area contributed by atoms with Crippen LogP contribution in [0.3, 0.4) is 0 Å². The van der Waals surface area contributed by atoms with Crippen LogP contribution in [0.4, 0.5) is 14.9 Å². The van der Waals surface area contributed by atoms with Gasteiger partial charge in [-0.1, -0.05) is 34.1 Å². The molecule has 6 nitrogen and oxygen atoms in total. The molecule has 4 amide bonds. The minimum atomic E-state index is -1.92. The third kappa shape index (κ3) is 2.17. The van der Waals surface area contributed by atoms with Gasteiger partial charge in [-0.25, -0.2) is 9.18 Å². The third-order valence-electron chi connectivity index (χ3n) is 4.37. The monoisotopic (exact) mass is 403 g/mol. The largest absolute Gasteiger partial charge is 0.323 e. The van der Waals surface area contributed by atoms with Gasteiger partial charge in [0.1, 0.15) is 5.82 Å². The Balaban J connectivity index is 1.86. The minimum Gasteiger partial charge on any atom is -0.312 e. The van der Waals surface area contributed by atoms with E-state index < -0.39 is 29.2 Å². The van der Waals surface area contributed by atoms with Crippen LogP contribution in [0.5, 0.6) is 0 Å². The fraction of sp³-hybridized carbons (Fsp3) is 0.118. The van der Waals surface area contributed by atoms with Gasteiger partial charge in [0, 0.05) is 10.0 Å². The number of carbonyl (C=O) groups excluding carboxylic acids is 3. The molecule has 2 heterocycles. The summed E-state index contributed by atoms with van der Waals surface area (Å²) in [6, 6.07) is 10.3. The molecule has 0 aliphatic carbocycles. The molecular weight excluding hydrogens is 393 g/mol. The number of carbonyl (C=O) groups is 3. The molecule has 2 aliphatic rings. The van der Waals surface area contributed by atoms with Crippen molar-refractivity contribution in [2.45, 2.75) is 12.1 Å². The fourth-order valence-corrected chi connectivity index (χ4v) is 3.63. The molecule has 0 radical (unpaired) electrons. The van der Waals surface area contributed by atoms with Crippen LogP contribution in [0.1, 0.15) is 11.1 Å². The summed E-state index contributed by atoms with van der Waals surface area (Å²) < 4.78 is 14.6. The topological polar surface area (TPSA) is 78.5 Å². The molecule has 1 spiro atoms. The number of urea groups is 1. The SMILES string of the molecule is O=C1NC(=O)C2(N1)C(=O)N(Cc1ccccc1Br)c1ccc(F)cc12. The van der Waals surface area contributed by atoms with Gasteiger partial charge in [-0.15, -0.1) is 0 Å². The van der Waals surface area contributed by atoms with Gasteiger partial charge in [0.15, 0.2) is 0 Å². The van der Waals surface area contributed by atoms with E-state index in [1.807, 2.05) is 24.3 Å². The van der Waals surface area contributed by atoms with Crippen LogP contribution in [0.25, 0.3) is 0 Å². The van der Waals surface area contributed by atoms with E-state index in [-0.39, 0.29) is 12.1 Å². The highest BCUT2D eigenvalue weighted by Gasteiger charge is 2.61. The summed E-state index contributed by atoms with van der Waals surface area (Å²) in [5.41, 5.74) is -0.587. The molecule has 126 valence electrons. The zero-order valence-corrected chi connectivity index (χ0v) is 14.3. The standard InChI is InChI=1S/C17H11BrFN3O3/c18-12-4-2-1-3-9(12)8-22-13-6-5-10(19)7-11(13)17(15(22)24)14(23)20-16(25)21-17/h1-7H,8H2,(H2,20,21,23,25). The van der Waals surface area contributed by atoms with Crippen molar-refractivity contribution >= 4 is 39.5 Å². The first-order chi connectivity index (χ1) is 11.9. The number of fused-ring (bicyclic) bond motifs is 2. The molecule has 2 aromatic rings. The molecule has 25 heavy (non-hydrogen) atoms. The first kappa shape index (κ1) is 15.8. The second-order valence-corrected chi connectivity index (χ2v) is 6.66. The van der Waals surface area contributed by atoms with Gasteiger partial charge in [-0.3, -0.25) is 14.9 Å². The quantitative estimate of drug-likeness (QED) is 0.595. The van der Waals surface area contributed by atoms with E-state index in [9.17, 15) is 18.8 Å². The van der Waals surface area contributed by atoms with E-state index in [1.165, 1.54) is 17.0 Å². The first-order valence-electron chi connectivity index (χ1n) is 7.42. The maximum Gasteiger partial charge on any atom is 0.323 e. The lowest BCUT2D eigenvalue weighted by Crippen LogP contribution is -2.52. The normalized spacial score (nSPS) is 21.5. The lowest BCUT2D eigenvalue weighted by molar-refractivity contribution is -0.134. The van der Waals surface area contributed by atoms with E-state index in [0.717, 1.165) is 16.1 Å². The summed E-state index contributed by atoms with van der Waals surface area (Å²) in [5, 5.41) is 4.44. The van der Waals surface area contributed by atoms with Gasteiger partial charge in [-0.05, 0) is 29.8 Å². The second-order valence-electron chi connectivity index (χ2n) is 5.80. The zero-order chi connectivity index (χ0) is 17.8. The van der Waals surface area contributed by atoms with E-state index in [1.54, 1.807) is 0 Å². The van der Waals surface area contributed by atoms with Crippen LogP contribution in [0.15, 0.2) is 46.9 Å². The van der Waals surface area contributed by atoms with Crippen LogP contribution < -0.4 is 15.5 Å². The van der Waals surface area contributed by atoms with Crippen molar-refractivity contribution in [1.29, 1.82) is 0 Å². The average molecular weight is 404 g/mol. The highest BCUT2D eigenvalue weighted by molar-refractivity contribution is 9.10. The molecule has 0 saturated carbocycles. The Hall–Kier alpha value is -2.74. The van der Waals surface area contributed by atoms with Crippen molar-refractivity contribution in [1.82, 2.24) is 10.6 Å². The van der Waals surface area contributed by atoms with Gasteiger partial charge in [0.05, 0.1) is 12.2 Å². The Morgan fingerprint density at radius 2 is 1.88 bits per heavy atom. The molecule has 1 atom stereocenters. The van der Waals surface area contributed by atoms with Crippen LogP contribution in [0, 0.1) is 5.82 Å². The lowest BCUT2D eigenvalue weighted by Gasteiger charge is -2.21. The number of rotatable bonds is 2. The lowest BCUT2D eigenvalue weighted by atomic mass is 9.91. The highest BCUT2D eigenvalue weighted by atomic mass is 79.9. The Morgan fingerprint density at radius 3 is 2.56 bits per heavy atom. The molecular formula is C17H11BrFN3O3. The first-order valence-corrected chi connectivity index (χ1v) is 8.22. The van der Waals surface area contributed by atoms with Gasteiger partial charge < -0.3 is 10.2 Å². The van der Waals surface area contributed by atoms with Gasteiger partial charge in [0.25, 0.3) is 11.8 Å². The minimum absolute atomic E-state index is 0.132. The molecule has 2 aliphatic heterocycles. The smallest absolute Gasteiger partial charge is 0.312 e. The summed E-state index contributed by atoms with van der Waals surface area (Å²) in [5.74, 6) is -2.02. The van der Waals surface area contributed by atoms with E-state index >= 15 is 0 Å². The Labute approximate surface area is 150 Å². The summed E-state index contributed by atoms with van der Waals surface area (Å²) in [7, 11) is 0. The number of amides is 4. The second kappa shape index (κ2) is 5.38. The number of halogens is 2. The van der Waals surface area contributed by atoms with Crippen molar-refractivity contribution in [3.05, 3.63) is 63.9 Å². The number of anilines is 1. The number of nitrogens with one attached hydrogen (secondary N) is 2. The molecule has 4 rings (SSSR count). The number of hydrogen-bond donors (Lipinski definition) is 2. The number of benzene rings is 2. The third-order valence-corrected chi connectivity index (χ3v) is 5.15. The maximum atomic E-state index is 13.8. The van der Waals surface area contributed by atoms with Crippen molar-refractivity contribution in [3.63, 3.8) is 0 Å². The number of nitrogens with zero attached hydrogens (tertiary/aromatic N) is 1. The summed E-state index contributed by atoms with van der Waals surface area (Å²) in [6.07, 6.45) is 0. The predicted octanol–water partition coefficient (Wildman–Crippen LogP) is 2.17. The molecule has 1 unspecified atom stereocenters. The fourth-order valence-electron chi connectivity index (χ4n) is 3.22. The van der Waals surface area contributed by atoms with Crippen molar-refractivity contribution < 1.29 is 18.8 Å². The summed E-state index contributed by atoms with van der Waals surface area (Å²) >= 11 is 3.42. The van der Waals surface area contributed by atoms with Gasteiger partial charge in [0.2, 0.25) is 5.54 Å². The van der Waals surface area contributed by atoms with Crippen LogP contribution >= 0.6 is 15.9 Å². The Bertz CT molecular complexity index is 948. The van der Waals surface area contributed by atoms with Crippen molar-refractivity contribution in [2.24, 2.45) is 0 Å². The zero-order valence-electron chi connectivity index (χ0n) is 12.7. The van der Waals surface area contributed by atoms with Crippen molar-refractivity contribution in [2.75, 3.05) is 4.90 Å². The molecule has 2 aromatic carbocycles. The van der Waals surface area contributed by atoms with Crippen LogP contribution in [-0.4, -0.2) is 17.8 Å². The molecule has 2 N–H and O–H groups in total. The Morgan fingerprint density at radius 1 is 1.12 bits per heavy atom. The molecule has 1 saturated heterocycles. The molecule has 1 fully saturated rings. The van der Waals surface area contributed by atoms with Crippen molar-refractivity contribution in [3.8, 4) is 0 Å². The van der Waals surface area contributed by atoms with Crippen LogP contribution in [0.2, 0.25) is 0 Å². The predicted molar refractivity (Wildman–Crippen MR) is 90.1 cm³/mol. The average Bonchev–Trinajstić information content (AvgIpc) is 2.99. The van der Waals surface area contributed by atoms with E-state index in [0.29, 0.717) is 5.69 Å². The van der Waals surface area contributed by atoms with E-state index in [2.05, 4.69) is 26.6 Å². The number of hydrogen-bond acceptors (Lipinski definition) is 3. The molecule has 8 heteroatoms. The molecule has 0 aromatic heterocycles. The summed E-state index contributed by atoms with van der Waals surface area (Å²) in [4.78, 5) is 38.5. The Kier molecular flexibility index (Phi) is 3.40.